The number of carboxylic acid groups (broad SMARTS) is 1. The van der Waals surface area contributed by atoms with Gasteiger partial charge in [-0.2, -0.15) is 0 Å². The molecule has 0 aromatic heterocycles. The van der Waals surface area contributed by atoms with Crippen LogP contribution in [-0.4, -0.2) is 144 Å². The molecular weight excluding hydrogens is 725 g/mol. The van der Waals surface area contributed by atoms with Gasteiger partial charge in [0.2, 0.25) is 29.5 Å². The predicted octanol–water partition coefficient (Wildman–Crippen LogP) is -1.86. The second-order valence-electron chi connectivity index (χ2n) is 12.2. The molecule has 0 bridgehead atoms. The number of carbonyl (C=O) groups is 7. The van der Waals surface area contributed by atoms with Crippen molar-refractivity contribution in [3.63, 3.8) is 0 Å². The summed E-state index contributed by atoms with van der Waals surface area (Å²) in [6.07, 6.45) is 3.14. The number of hydrogen-bond acceptors (Lipinski definition) is 10. The quantitative estimate of drug-likeness (QED) is 0.0890. The summed E-state index contributed by atoms with van der Waals surface area (Å²) < 4.78 is 5.14. The van der Waals surface area contributed by atoms with Crippen LogP contribution in [0.15, 0.2) is 35.3 Å². The summed E-state index contributed by atoms with van der Waals surface area (Å²) in [6, 6.07) is 9.32. The molecule has 3 fully saturated rings. The van der Waals surface area contributed by atoms with Crippen molar-refractivity contribution in [2.75, 3.05) is 72.0 Å². The van der Waals surface area contributed by atoms with Crippen LogP contribution in [0.1, 0.15) is 31.2 Å². The zero-order chi connectivity index (χ0) is 36.6. The van der Waals surface area contributed by atoms with Crippen molar-refractivity contribution in [1.29, 1.82) is 0 Å². The molecular formula is C32H49Cl2N9O9. The first kappa shape index (κ1) is 45.3. The van der Waals surface area contributed by atoms with Gasteiger partial charge in [-0.15, -0.1) is 24.8 Å². The molecule has 1 aromatic rings. The molecule has 3 aliphatic rings. The van der Waals surface area contributed by atoms with Gasteiger partial charge >= 0.3 is 11.9 Å². The summed E-state index contributed by atoms with van der Waals surface area (Å²) in [4.78, 5) is 91.7. The lowest BCUT2D eigenvalue weighted by atomic mass is 9.81. The van der Waals surface area contributed by atoms with E-state index in [1.807, 2.05) is 30.3 Å². The highest BCUT2D eigenvalue weighted by Gasteiger charge is 2.31. The Labute approximate surface area is 314 Å². The van der Waals surface area contributed by atoms with Crippen LogP contribution in [0.4, 0.5) is 0 Å². The average molecular weight is 775 g/mol. The van der Waals surface area contributed by atoms with Gasteiger partial charge in [-0.25, -0.2) is 0 Å². The molecule has 1 saturated carbocycles. The maximum Gasteiger partial charge on any atom is 0.325 e. The Balaban J connectivity index is 0.000000513. The molecule has 52 heavy (non-hydrogen) atoms. The van der Waals surface area contributed by atoms with Crippen LogP contribution < -0.4 is 22.5 Å². The number of aliphatic carboxylic acids is 1. The number of nitrogens with two attached hydrogens (primary N) is 3. The van der Waals surface area contributed by atoms with Gasteiger partial charge in [0, 0.05) is 38.6 Å². The largest absolute Gasteiger partial charge is 0.480 e. The molecule has 0 unspecified atom stereocenters. The number of nitrogens with one attached hydrogen (secondary N) is 1. The van der Waals surface area contributed by atoms with Crippen molar-refractivity contribution in [3.8, 4) is 0 Å². The van der Waals surface area contributed by atoms with E-state index >= 15 is 0 Å². The topological polar surface area (TPSA) is 264 Å². The Bertz CT molecular complexity index is 1410. The van der Waals surface area contributed by atoms with Gasteiger partial charge in [0.25, 0.3) is 0 Å². The zero-order valence-corrected chi connectivity index (χ0v) is 30.5. The lowest BCUT2D eigenvalue weighted by molar-refractivity contribution is -0.153. The van der Waals surface area contributed by atoms with Crippen molar-refractivity contribution in [3.05, 3.63) is 35.9 Å². The highest BCUT2D eigenvalue weighted by molar-refractivity contribution is 5.91. The van der Waals surface area contributed by atoms with Crippen molar-refractivity contribution in [2.24, 2.45) is 34.0 Å². The summed E-state index contributed by atoms with van der Waals surface area (Å²) in [5.41, 5.74) is 16.8. The van der Waals surface area contributed by atoms with Crippen molar-refractivity contribution in [2.45, 2.75) is 32.3 Å². The van der Waals surface area contributed by atoms with Gasteiger partial charge in [-0.05, 0) is 37.2 Å². The van der Waals surface area contributed by atoms with E-state index in [-0.39, 0.29) is 119 Å². The SMILES string of the molecule is Cl.Cl.NC(N)=NCC1CCC(C(=O)NCC(=O)N2CCN(CC(=O)O)C(=O)C2)CC1.NCC(=O)N1CCN(CC(=O)OCc2ccccc2)C(=O)C1. The van der Waals surface area contributed by atoms with Gasteiger partial charge in [0.05, 0.1) is 26.2 Å². The number of hydrogen-bond donors (Lipinski definition) is 5. The van der Waals surface area contributed by atoms with E-state index in [4.69, 9.17) is 27.0 Å². The summed E-state index contributed by atoms with van der Waals surface area (Å²) in [7, 11) is 0. The lowest BCUT2D eigenvalue weighted by Crippen LogP contribution is -2.55. The second-order valence-corrected chi connectivity index (χ2v) is 12.2. The monoisotopic (exact) mass is 773 g/mol. The van der Waals surface area contributed by atoms with Crippen LogP contribution in [0, 0.1) is 11.8 Å². The van der Waals surface area contributed by atoms with E-state index in [1.165, 1.54) is 19.6 Å². The molecule has 8 N–H and O–H groups in total. The fourth-order valence-corrected chi connectivity index (χ4v) is 5.67. The molecule has 18 nitrogen and oxygen atoms in total. The summed E-state index contributed by atoms with van der Waals surface area (Å²) >= 11 is 0. The van der Waals surface area contributed by atoms with Gasteiger partial charge < -0.3 is 52.0 Å². The molecule has 4 rings (SSSR count). The molecule has 2 heterocycles. The molecule has 1 aromatic carbocycles. The first-order valence-electron chi connectivity index (χ1n) is 16.4. The minimum Gasteiger partial charge on any atom is -0.480 e. The third kappa shape index (κ3) is 15.3. The third-order valence-corrected chi connectivity index (χ3v) is 8.57. The first-order chi connectivity index (χ1) is 23.9. The number of rotatable bonds is 12. The van der Waals surface area contributed by atoms with Gasteiger partial charge in [0.1, 0.15) is 19.7 Å². The van der Waals surface area contributed by atoms with Crippen LogP contribution in [0.2, 0.25) is 0 Å². The van der Waals surface area contributed by atoms with Crippen molar-refractivity contribution in [1.82, 2.24) is 24.9 Å². The Hall–Kier alpha value is -4.68. The van der Waals surface area contributed by atoms with Crippen LogP contribution in [0.5, 0.6) is 0 Å². The number of guanidine groups is 1. The molecule has 1 aliphatic carbocycles. The minimum atomic E-state index is -1.09. The molecule has 290 valence electrons. The standard InChI is InChI=1S/C17H28N6O5.C15H19N3O4.2ClH/c18-17(19)21-7-11-1-3-12(4-2-11)16(28)20-8-13(24)22-5-6-23(10-15(26)27)14(25)9-22;16-8-13(19)17-6-7-18(14(20)9-17)10-15(21)22-11-12-4-2-1-3-5-12;;/h11-12H,1-10H2,(H,20,28)(H,26,27)(H4,18,19,21);1-5H,6-11,16H2;2*1H. The zero-order valence-electron chi connectivity index (χ0n) is 28.9. The number of carbonyl (C=O) groups excluding carboxylic acids is 6. The lowest BCUT2D eigenvalue weighted by Gasteiger charge is -2.33. The van der Waals surface area contributed by atoms with Gasteiger partial charge in [-0.1, -0.05) is 30.3 Å². The molecule has 0 spiro atoms. The van der Waals surface area contributed by atoms with E-state index in [0.29, 0.717) is 25.6 Å². The smallest absolute Gasteiger partial charge is 0.325 e. The Morgan fingerprint density at radius 3 is 1.90 bits per heavy atom. The second kappa shape index (κ2) is 23.0. The maximum atomic E-state index is 12.3. The fourth-order valence-electron chi connectivity index (χ4n) is 5.67. The molecule has 0 atom stereocenters. The number of piperazine rings is 2. The van der Waals surface area contributed by atoms with E-state index in [1.54, 1.807) is 0 Å². The molecule has 0 radical (unpaired) electrons. The van der Waals surface area contributed by atoms with Crippen LogP contribution >= 0.6 is 24.8 Å². The maximum absolute atomic E-state index is 12.3. The Morgan fingerprint density at radius 1 is 0.827 bits per heavy atom. The van der Waals surface area contributed by atoms with Crippen molar-refractivity contribution < 1.29 is 43.4 Å². The number of esters is 1. The number of benzene rings is 1. The average Bonchev–Trinajstić information content (AvgIpc) is 3.10. The van der Waals surface area contributed by atoms with E-state index in [0.717, 1.165) is 31.2 Å². The number of ether oxygens (including phenoxy) is 1. The van der Waals surface area contributed by atoms with E-state index in [9.17, 15) is 33.6 Å². The van der Waals surface area contributed by atoms with Crippen LogP contribution in [0.3, 0.4) is 0 Å². The van der Waals surface area contributed by atoms with Gasteiger partial charge in [0.15, 0.2) is 5.96 Å². The van der Waals surface area contributed by atoms with E-state index in [2.05, 4.69) is 10.3 Å². The van der Waals surface area contributed by atoms with E-state index < -0.39 is 17.8 Å². The normalized spacial score (nSPS) is 18.4. The Kier molecular flexibility index (Phi) is 20.1. The number of nitrogens with zero attached hydrogens (tertiary/aromatic N) is 5. The first-order valence-corrected chi connectivity index (χ1v) is 16.4. The Morgan fingerprint density at radius 2 is 1.38 bits per heavy atom. The molecule has 5 amide bonds. The molecule has 20 heteroatoms. The molecule has 2 aliphatic heterocycles. The van der Waals surface area contributed by atoms with Crippen molar-refractivity contribution >= 4 is 72.2 Å². The summed E-state index contributed by atoms with van der Waals surface area (Å²) in [5, 5.41) is 11.4. The third-order valence-electron chi connectivity index (χ3n) is 8.57. The minimum absolute atomic E-state index is 0. The fraction of sp³-hybridized carbons (Fsp3) is 0.562. The summed E-state index contributed by atoms with van der Waals surface area (Å²) in [6.45, 7) is 0.897. The summed E-state index contributed by atoms with van der Waals surface area (Å²) in [5.74, 6) is -2.72. The van der Waals surface area contributed by atoms with Crippen LogP contribution in [0.25, 0.3) is 0 Å². The van der Waals surface area contributed by atoms with Gasteiger partial charge in [-0.3, -0.25) is 38.6 Å². The highest BCUT2D eigenvalue weighted by Crippen LogP contribution is 2.29. The number of amides is 5. The highest BCUT2D eigenvalue weighted by atomic mass is 35.5. The number of aliphatic imine (C=N–C) groups is 1. The predicted molar refractivity (Wildman–Crippen MR) is 193 cm³/mol. The number of carboxylic acids is 1. The van der Waals surface area contributed by atoms with Crippen LogP contribution in [-0.2, 0) is 44.9 Å². The molecule has 2 saturated heterocycles. The number of halogens is 2.